The summed E-state index contributed by atoms with van der Waals surface area (Å²) in [4.78, 5) is 60.8. The number of rotatable bonds is 8. The maximum atomic E-state index is 13.0. The first-order valence-electron chi connectivity index (χ1n) is 19.2. The number of fused-ring (bicyclic) bond motifs is 2. The number of benzene rings is 2. The highest BCUT2D eigenvalue weighted by atomic mass is 35.5. The monoisotopic (exact) mass is 1000 g/mol. The highest BCUT2D eigenvalue weighted by molar-refractivity contribution is 6.43. The molecule has 66 heavy (non-hydrogen) atoms. The fourth-order valence-corrected chi connectivity index (χ4v) is 7.52. The van der Waals surface area contributed by atoms with Crippen molar-refractivity contribution in [3.05, 3.63) is 115 Å². The summed E-state index contributed by atoms with van der Waals surface area (Å²) < 4.78 is 82.7. The second kappa shape index (κ2) is 18.9. The number of hydrogen-bond acceptors (Lipinski definition) is 10. The molecule has 0 radical (unpaired) electrons. The summed E-state index contributed by atoms with van der Waals surface area (Å²) in [6.07, 6.45) is -6.50. The van der Waals surface area contributed by atoms with Crippen molar-refractivity contribution in [1.29, 1.82) is 0 Å². The van der Waals surface area contributed by atoms with E-state index in [-0.39, 0.29) is 62.3 Å². The van der Waals surface area contributed by atoms with Crippen LogP contribution in [-0.2, 0) is 48.1 Å². The first-order chi connectivity index (χ1) is 31.1. The summed E-state index contributed by atoms with van der Waals surface area (Å²) in [6.45, 7) is 0.435. The van der Waals surface area contributed by atoms with Crippen molar-refractivity contribution in [3.63, 3.8) is 0 Å². The van der Waals surface area contributed by atoms with E-state index < -0.39 is 59.5 Å². The third kappa shape index (κ3) is 10.4. The third-order valence-corrected chi connectivity index (χ3v) is 11.8. The van der Waals surface area contributed by atoms with Gasteiger partial charge in [0, 0.05) is 39.3 Å². The number of alkyl halides is 6. The molecular weight excluding hydrogens is 972 g/mol. The zero-order chi connectivity index (χ0) is 47.8. The summed E-state index contributed by atoms with van der Waals surface area (Å²) in [6, 6.07) is 9.86. The average Bonchev–Trinajstić information content (AvgIpc) is 4.08. The van der Waals surface area contributed by atoms with Gasteiger partial charge in [-0.05, 0) is 36.1 Å². The molecule has 2 aliphatic heterocycles. The molecule has 6 aromatic rings. The van der Waals surface area contributed by atoms with Crippen molar-refractivity contribution in [2.75, 3.05) is 23.9 Å². The lowest BCUT2D eigenvalue weighted by Crippen LogP contribution is -2.47. The molecule has 0 aliphatic carbocycles. The van der Waals surface area contributed by atoms with Crippen LogP contribution in [0.15, 0.2) is 61.2 Å². The molecule has 348 valence electrons. The van der Waals surface area contributed by atoms with Crippen molar-refractivity contribution in [2.24, 2.45) is 0 Å². The molecule has 0 unspecified atom stereocenters. The van der Waals surface area contributed by atoms with Crippen molar-refractivity contribution < 1.29 is 45.5 Å². The van der Waals surface area contributed by atoms with Gasteiger partial charge >= 0.3 is 12.4 Å². The Morgan fingerprint density at radius 2 is 1.02 bits per heavy atom. The van der Waals surface area contributed by atoms with Crippen molar-refractivity contribution in [2.45, 2.75) is 63.5 Å². The van der Waals surface area contributed by atoms with Crippen LogP contribution >= 0.6 is 46.4 Å². The van der Waals surface area contributed by atoms with Gasteiger partial charge in [0.25, 0.3) is 23.6 Å². The lowest BCUT2D eigenvalue weighted by Gasteiger charge is -2.19. The normalized spacial score (nSPS) is 16.5. The van der Waals surface area contributed by atoms with Crippen LogP contribution in [0, 0.1) is 0 Å². The van der Waals surface area contributed by atoms with Gasteiger partial charge in [-0.1, -0.05) is 70.7 Å². The highest BCUT2D eigenvalue weighted by Gasteiger charge is 2.40. The summed E-state index contributed by atoms with van der Waals surface area (Å²) >= 11 is 24.3. The fourth-order valence-electron chi connectivity index (χ4n) is 6.76. The van der Waals surface area contributed by atoms with Crippen LogP contribution in [0.3, 0.4) is 0 Å². The minimum atomic E-state index is -4.63. The zero-order valence-electron chi connectivity index (χ0n) is 34.0. The van der Waals surface area contributed by atoms with E-state index in [0.717, 1.165) is 31.3 Å². The van der Waals surface area contributed by atoms with Crippen LogP contribution in [-0.4, -0.2) is 98.9 Å². The molecule has 2 N–H and O–H groups in total. The number of anilines is 2. The molecule has 0 saturated carbocycles. The number of halogens is 10. The molecule has 6 heterocycles. The highest BCUT2D eigenvalue weighted by Crippen LogP contribution is 2.34. The lowest BCUT2D eigenvalue weighted by atomic mass is 10.2. The van der Waals surface area contributed by atoms with E-state index >= 15 is 0 Å². The molecule has 0 saturated heterocycles. The first-order valence-corrected chi connectivity index (χ1v) is 20.7. The topological polar surface area (TPSA) is 196 Å². The van der Waals surface area contributed by atoms with Gasteiger partial charge in [0.1, 0.15) is 36.4 Å². The summed E-state index contributed by atoms with van der Waals surface area (Å²) in [5.41, 5.74) is -0.827. The number of nitrogens with one attached hydrogen (secondary N) is 2. The summed E-state index contributed by atoms with van der Waals surface area (Å²) in [7, 11) is 2.64. The Morgan fingerprint density at radius 3 is 1.38 bits per heavy atom. The van der Waals surface area contributed by atoms with Gasteiger partial charge in [-0.3, -0.25) is 29.0 Å². The number of hydrogen-bond donors (Lipinski definition) is 2. The molecule has 2 aromatic carbocycles. The van der Waals surface area contributed by atoms with E-state index in [0.29, 0.717) is 31.2 Å². The fraction of sp³-hybridized carbons (Fsp3) is 0.316. The Kier molecular flexibility index (Phi) is 13.7. The van der Waals surface area contributed by atoms with Crippen molar-refractivity contribution >= 4 is 81.7 Å². The van der Waals surface area contributed by atoms with Crippen LogP contribution in [0.4, 0.5) is 38.0 Å². The van der Waals surface area contributed by atoms with E-state index in [9.17, 15) is 45.5 Å². The van der Waals surface area contributed by atoms with Crippen LogP contribution in [0.2, 0.25) is 20.1 Å². The van der Waals surface area contributed by atoms with Crippen molar-refractivity contribution in [3.8, 4) is 0 Å². The summed E-state index contributed by atoms with van der Waals surface area (Å²) in [5, 5.41) is 21.8. The second-order valence-corrected chi connectivity index (χ2v) is 16.2. The molecule has 2 atom stereocenters. The quantitative estimate of drug-likeness (QED) is 0.170. The standard InChI is InChI=1S/2C19H16Cl2F3N7O2/c2*1-29-14-7-13(19(22,23)24)27-31(14)6-5-12(18(29)33)26-17(32)16-25-9-30(28-16)8-10-3-2-4-11(20)15(10)21/h2*2-4,7,9,12H,5-6,8H2,1H3,(H,26,32)/t2*12-/m10/s1. The summed E-state index contributed by atoms with van der Waals surface area (Å²) in [5.74, 6) is -2.94. The number of likely N-dealkylation sites (N-methyl/N-ethyl adjacent to an activating group) is 2. The Labute approximate surface area is 388 Å². The van der Waals surface area contributed by atoms with E-state index in [1.807, 2.05) is 0 Å². The van der Waals surface area contributed by atoms with Crippen LogP contribution in [0.25, 0.3) is 0 Å². The Bertz CT molecular complexity index is 2640. The predicted molar refractivity (Wildman–Crippen MR) is 224 cm³/mol. The largest absolute Gasteiger partial charge is 0.435 e. The molecule has 0 fully saturated rings. The van der Waals surface area contributed by atoms with E-state index in [4.69, 9.17) is 46.4 Å². The maximum Gasteiger partial charge on any atom is 0.435 e. The minimum Gasteiger partial charge on any atom is -0.337 e. The Morgan fingerprint density at radius 1 is 0.636 bits per heavy atom. The average molecular weight is 1000 g/mol. The molecule has 2 aliphatic rings. The van der Waals surface area contributed by atoms with E-state index in [1.54, 1.807) is 36.4 Å². The lowest BCUT2D eigenvalue weighted by molar-refractivity contribution is -0.142. The molecular formula is C38H32Cl4F6N14O4. The van der Waals surface area contributed by atoms with E-state index in [1.165, 1.54) is 36.1 Å². The number of amides is 4. The smallest absolute Gasteiger partial charge is 0.337 e. The third-order valence-electron chi connectivity index (χ3n) is 10.1. The maximum absolute atomic E-state index is 13.0. The van der Waals surface area contributed by atoms with Gasteiger partial charge < -0.3 is 10.6 Å². The SMILES string of the molecule is CN1C(=O)[C@@H](NC(=O)c2ncn(Cc3cccc(Cl)c3Cl)n2)CCn2nc(C(F)(F)F)cc21.CN1C(=O)[C@H](NC(=O)c2ncn(Cc3cccc(Cl)c3Cl)n2)CCn2nc(C(F)(F)F)cc21. The van der Waals surface area contributed by atoms with Gasteiger partial charge in [-0.25, -0.2) is 28.7 Å². The van der Waals surface area contributed by atoms with Gasteiger partial charge in [-0.15, -0.1) is 10.2 Å². The van der Waals surface area contributed by atoms with Crippen molar-refractivity contribution in [1.82, 2.24) is 59.7 Å². The second-order valence-electron chi connectivity index (χ2n) is 14.6. The number of aromatic nitrogens is 10. The number of carbonyl (C=O) groups is 4. The van der Waals surface area contributed by atoms with Gasteiger partial charge in [-0.2, -0.15) is 36.5 Å². The first kappa shape index (κ1) is 47.7. The van der Waals surface area contributed by atoms with Crippen LogP contribution in [0.1, 0.15) is 56.6 Å². The molecule has 4 aromatic heterocycles. The minimum absolute atomic E-state index is 0.00156. The Balaban J connectivity index is 0.000000196. The molecule has 8 rings (SSSR count). The number of nitrogens with zero attached hydrogens (tertiary/aromatic N) is 12. The Hall–Kier alpha value is -6.24. The molecule has 18 nitrogen and oxygen atoms in total. The van der Waals surface area contributed by atoms with Gasteiger partial charge in [0.2, 0.25) is 11.6 Å². The van der Waals surface area contributed by atoms with Gasteiger partial charge in [0.05, 0.1) is 33.2 Å². The predicted octanol–water partition coefficient (Wildman–Crippen LogP) is 6.03. The number of carbonyl (C=O) groups excluding carboxylic acids is 4. The van der Waals surface area contributed by atoms with Crippen LogP contribution in [0.5, 0.6) is 0 Å². The van der Waals surface area contributed by atoms with E-state index in [2.05, 4.69) is 41.0 Å². The molecule has 0 bridgehead atoms. The zero-order valence-corrected chi connectivity index (χ0v) is 37.0. The van der Waals surface area contributed by atoms with Crippen LogP contribution < -0.4 is 20.4 Å². The number of aryl methyl sites for hydroxylation is 2. The molecule has 4 amide bonds. The molecule has 28 heteroatoms. The molecule has 0 spiro atoms. The van der Waals surface area contributed by atoms with Gasteiger partial charge in [0.15, 0.2) is 11.4 Å².